The van der Waals surface area contributed by atoms with Gasteiger partial charge in [-0.2, -0.15) is 0 Å². The van der Waals surface area contributed by atoms with E-state index in [9.17, 15) is 4.79 Å². The van der Waals surface area contributed by atoms with Crippen LogP contribution in [-0.2, 0) is 17.6 Å². The summed E-state index contributed by atoms with van der Waals surface area (Å²) in [5, 5.41) is 2.12. The number of halogens is 1. The average molecular weight is 323 g/mol. The molecule has 2 heterocycles. The molecular weight excluding hydrogens is 304 g/mol. The Hall–Kier alpha value is -1.52. The van der Waals surface area contributed by atoms with Crippen molar-refractivity contribution in [3.8, 4) is 0 Å². The highest BCUT2D eigenvalue weighted by Gasteiger charge is 2.27. The van der Waals surface area contributed by atoms with Crippen molar-refractivity contribution >= 4 is 35.3 Å². The largest absolute Gasteiger partial charge is 0.399 e. The Labute approximate surface area is 135 Å². The lowest BCUT2D eigenvalue weighted by molar-refractivity contribution is -0.133. The van der Waals surface area contributed by atoms with Gasteiger partial charge in [0.15, 0.2) is 0 Å². The Morgan fingerprint density at radius 2 is 2.05 bits per heavy atom. The van der Waals surface area contributed by atoms with Crippen LogP contribution in [0.1, 0.15) is 29.0 Å². The molecule has 2 aromatic rings. The monoisotopic (exact) mass is 322 g/mol. The molecule has 112 valence electrons. The number of nitrogen functional groups attached to an aromatic ring is 1. The molecule has 2 N–H and O–H groups in total. The zero-order valence-corrected chi connectivity index (χ0v) is 13.5. The predicted molar refractivity (Wildman–Crippen MR) is 90.0 cm³/mol. The Morgan fingerprint density at radius 1 is 1.33 bits per heavy atom. The predicted octanol–water partition coefficient (Wildman–Crippen LogP) is 3.44. The molecule has 0 fully saturated rings. The van der Waals surface area contributed by atoms with Gasteiger partial charge in [-0.15, -0.1) is 23.7 Å². The summed E-state index contributed by atoms with van der Waals surface area (Å²) in [4.78, 5) is 15.9. The van der Waals surface area contributed by atoms with Gasteiger partial charge in [0.25, 0.3) is 0 Å². The van der Waals surface area contributed by atoms with Gasteiger partial charge in [-0.3, -0.25) is 4.79 Å². The summed E-state index contributed by atoms with van der Waals surface area (Å²) in [6.07, 6.45) is 1.43. The van der Waals surface area contributed by atoms with E-state index in [4.69, 9.17) is 5.73 Å². The molecule has 1 atom stereocenters. The molecule has 1 unspecified atom stereocenters. The number of hydrogen-bond donors (Lipinski definition) is 1. The molecule has 0 spiro atoms. The van der Waals surface area contributed by atoms with Crippen LogP contribution in [0, 0.1) is 0 Å². The maximum atomic E-state index is 12.5. The number of amides is 1. The second-order valence-corrected chi connectivity index (χ2v) is 6.23. The minimum atomic E-state index is 0. The Bertz CT molecular complexity index is 623. The fourth-order valence-corrected chi connectivity index (χ4v) is 3.72. The van der Waals surface area contributed by atoms with Crippen molar-refractivity contribution in [1.82, 2.24) is 4.90 Å². The molecule has 3 nitrogen and oxygen atoms in total. The summed E-state index contributed by atoms with van der Waals surface area (Å²) >= 11 is 1.80. The maximum Gasteiger partial charge on any atom is 0.227 e. The molecule has 1 aliphatic rings. The van der Waals surface area contributed by atoms with Gasteiger partial charge < -0.3 is 10.6 Å². The first-order valence-corrected chi connectivity index (χ1v) is 7.73. The molecule has 0 radical (unpaired) electrons. The number of benzene rings is 1. The van der Waals surface area contributed by atoms with Crippen LogP contribution in [0.5, 0.6) is 0 Å². The van der Waals surface area contributed by atoms with Crippen LogP contribution in [-0.4, -0.2) is 17.4 Å². The first-order valence-electron chi connectivity index (χ1n) is 6.85. The number of carbonyl (C=O) groups is 1. The average Bonchev–Trinajstić information content (AvgIpc) is 2.91. The van der Waals surface area contributed by atoms with Gasteiger partial charge in [0.2, 0.25) is 5.91 Å². The molecule has 1 aliphatic heterocycles. The lowest BCUT2D eigenvalue weighted by Gasteiger charge is -2.33. The van der Waals surface area contributed by atoms with Gasteiger partial charge in [0.1, 0.15) is 0 Å². The first kappa shape index (κ1) is 15.9. The highest BCUT2D eigenvalue weighted by atomic mass is 35.5. The SMILES string of the molecule is CC1c2ccsc2CCN1C(=O)Cc1ccc(N)cc1.Cl. The van der Waals surface area contributed by atoms with Crippen LogP contribution in [0.15, 0.2) is 35.7 Å². The molecule has 0 saturated carbocycles. The molecule has 21 heavy (non-hydrogen) atoms. The number of rotatable bonds is 2. The van der Waals surface area contributed by atoms with Crippen molar-refractivity contribution in [2.24, 2.45) is 0 Å². The number of thiophene rings is 1. The summed E-state index contributed by atoms with van der Waals surface area (Å²) in [6.45, 7) is 2.94. The highest BCUT2D eigenvalue weighted by Crippen LogP contribution is 2.33. The van der Waals surface area contributed by atoms with Gasteiger partial charge in [0.05, 0.1) is 12.5 Å². The van der Waals surface area contributed by atoms with Crippen molar-refractivity contribution < 1.29 is 4.79 Å². The number of hydrogen-bond acceptors (Lipinski definition) is 3. The summed E-state index contributed by atoms with van der Waals surface area (Å²) in [7, 11) is 0. The van der Waals surface area contributed by atoms with Crippen LogP contribution in [0.2, 0.25) is 0 Å². The van der Waals surface area contributed by atoms with Crippen LogP contribution in [0.25, 0.3) is 0 Å². The zero-order chi connectivity index (χ0) is 14.1. The summed E-state index contributed by atoms with van der Waals surface area (Å²) in [5.41, 5.74) is 8.73. The van der Waals surface area contributed by atoms with Crippen LogP contribution in [0.3, 0.4) is 0 Å². The van der Waals surface area contributed by atoms with Gasteiger partial charge in [-0.1, -0.05) is 12.1 Å². The zero-order valence-electron chi connectivity index (χ0n) is 11.9. The van der Waals surface area contributed by atoms with E-state index in [1.165, 1.54) is 10.4 Å². The third kappa shape index (κ3) is 3.22. The summed E-state index contributed by atoms with van der Waals surface area (Å²) in [6, 6.07) is 9.88. The highest BCUT2D eigenvalue weighted by molar-refractivity contribution is 7.10. The molecule has 0 bridgehead atoms. The van der Waals surface area contributed by atoms with Crippen molar-refractivity contribution in [1.29, 1.82) is 0 Å². The van der Waals surface area contributed by atoms with E-state index in [-0.39, 0.29) is 24.4 Å². The first-order chi connectivity index (χ1) is 9.65. The molecule has 3 rings (SSSR count). The molecule has 0 aliphatic carbocycles. The minimum Gasteiger partial charge on any atom is -0.399 e. The van der Waals surface area contributed by atoms with Crippen molar-refractivity contribution in [2.45, 2.75) is 25.8 Å². The Kier molecular flexibility index (Phi) is 4.91. The van der Waals surface area contributed by atoms with Crippen molar-refractivity contribution in [3.63, 3.8) is 0 Å². The molecule has 1 aromatic heterocycles. The third-order valence-electron chi connectivity index (χ3n) is 3.93. The van der Waals surface area contributed by atoms with Crippen LogP contribution in [0.4, 0.5) is 5.69 Å². The lowest BCUT2D eigenvalue weighted by atomic mass is 10.0. The van der Waals surface area contributed by atoms with Gasteiger partial charge in [0, 0.05) is 17.1 Å². The van der Waals surface area contributed by atoms with E-state index in [2.05, 4.69) is 18.4 Å². The number of anilines is 1. The van der Waals surface area contributed by atoms with Crippen LogP contribution < -0.4 is 5.73 Å². The fourth-order valence-electron chi connectivity index (χ4n) is 2.76. The van der Waals surface area contributed by atoms with E-state index < -0.39 is 0 Å². The van der Waals surface area contributed by atoms with E-state index in [0.717, 1.165) is 24.2 Å². The second-order valence-electron chi connectivity index (χ2n) is 5.23. The van der Waals surface area contributed by atoms with E-state index in [1.54, 1.807) is 11.3 Å². The molecule has 0 saturated heterocycles. The minimum absolute atomic E-state index is 0. The Balaban J connectivity index is 0.00000161. The van der Waals surface area contributed by atoms with E-state index in [0.29, 0.717) is 6.42 Å². The molecule has 1 aromatic carbocycles. The lowest BCUT2D eigenvalue weighted by Crippen LogP contribution is -2.39. The third-order valence-corrected chi connectivity index (χ3v) is 4.93. The number of nitrogens with zero attached hydrogens (tertiary/aromatic N) is 1. The van der Waals surface area contributed by atoms with Gasteiger partial charge in [-0.25, -0.2) is 0 Å². The van der Waals surface area contributed by atoms with Gasteiger partial charge in [-0.05, 0) is 48.1 Å². The second kappa shape index (κ2) is 6.50. The van der Waals surface area contributed by atoms with Crippen molar-refractivity contribution in [2.75, 3.05) is 12.3 Å². The van der Waals surface area contributed by atoms with Gasteiger partial charge >= 0.3 is 0 Å². The Morgan fingerprint density at radius 3 is 2.76 bits per heavy atom. The normalized spacial score (nSPS) is 17.0. The maximum absolute atomic E-state index is 12.5. The van der Waals surface area contributed by atoms with Crippen LogP contribution >= 0.6 is 23.7 Å². The topological polar surface area (TPSA) is 46.3 Å². The smallest absolute Gasteiger partial charge is 0.227 e. The fraction of sp³-hybridized carbons (Fsp3) is 0.312. The molecule has 5 heteroatoms. The summed E-state index contributed by atoms with van der Waals surface area (Å²) < 4.78 is 0. The number of fused-ring (bicyclic) bond motifs is 1. The quantitative estimate of drug-likeness (QED) is 0.861. The van der Waals surface area contributed by atoms with E-state index in [1.807, 2.05) is 29.2 Å². The molecular formula is C16H19ClN2OS. The van der Waals surface area contributed by atoms with E-state index >= 15 is 0 Å². The standard InChI is InChI=1S/C16H18N2OS.ClH/c1-11-14-7-9-20-15(14)6-8-18(11)16(19)10-12-2-4-13(17)5-3-12;/h2-5,7,9,11H,6,8,10,17H2,1H3;1H. The molecule has 1 amide bonds. The number of carbonyl (C=O) groups excluding carboxylic acids is 1. The van der Waals surface area contributed by atoms with Crippen molar-refractivity contribution in [3.05, 3.63) is 51.7 Å². The number of nitrogens with two attached hydrogens (primary N) is 1. The summed E-state index contributed by atoms with van der Waals surface area (Å²) in [5.74, 6) is 0.194.